The molecule has 6 nitrogen and oxygen atoms in total. The van der Waals surface area contributed by atoms with Gasteiger partial charge in [-0.05, 0) is 54.2 Å². The predicted molar refractivity (Wildman–Crippen MR) is 126 cm³/mol. The van der Waals surface area contributed by atoms with Crippen LogP contribution in [0.2, 0.25) is 0 Å². The standard InChI is InChI=1S/C24H15F3N4O2S/c25-24(26,27)18-12-7-13-19(14-18)31(22(33)17-10-5-2-6-11-17)30-20-15-28-23(34-20)29-21(32)16-8-3-1-4-9-16/h1-15H. The predicted octanol–water partition coefficient (Wildman–Crippen LogP) is 5.68. The summed E-state index contributed by atoms with van der Waals surface area (Å²) in [5, 5.41) is 5.39. The van der Waals surface area contributed by atoms with Gasteiger partial charge in [-0.3, -0.25) is 9.59 Å². The van der Waals surface area contributed by atoms with Gasteiger partial charge >= 0.3 is 6.18 Å². The van der Waals surface area contributed by atoms with E-state index in [1.807, 2.05) is 0 Å². The lowest BCUT2D eigenvalue weighted by molar-refractivity contribution is -0.137. The normalized spacial score (nSPS) is 15.6. The number of hydrazone groups is 1. The summed E-state index contributed by atoms with van der Waals surface area (Å²) in [6, 6.07) is 20.7. The smallest absolute Gasteiger partial charge is 0.267 e. The van der Waals surface area contributed by atoms with Gasteiger partial charge in [0.05, 0.1) is 17.5 Å². The van der Waals surface area contributed by atoms with E-state index in [0.29, 0.717) is 5.56 Å². The largest absolute Gasteiger partial charge is 0.416 e. The minimum Gasteiger partial charge on any atom is -0.267 e. The monoisotopic (exact) mass is 480 g/mol. The van der Waals surface area contributed by atoms with Crippen molar-refractivity contribution in [3.05, 3.63) is 102 Å². The second kappa shape index (κ2) is 9.84. The van der Waals surface area contributed by atoms with Gasteiger partial charge in [-0.25, -0.2) is 4.99 Å². The van der Waals surface area contributed by atoms with Crippen molar-refractivity contribution in [2.75, 3.05) is 5.01 Å². The molecule has 0 bridgehead atoms. The van der Waals surface area contributed by atoms with Crippen molar-refractivity contribution >= 4 is 45.7 Å². The van der Waals surface area contributed by atoms with E-state index in [1.165, 1.54) is 30.5 Å². The van der Waals surface area contributed by atoms with E-state index in [-0.39, 0.29) is 21.5 Å². The van der Waals surface area contributed by atoms with Crippen molar-refractivity contribution in [2.45, 2.75) is 6.18 Å². The molecule has 34 heavy (non-hydrogen) atoms. The van der Waals surface area contributed by atoms with Crippen LogP contribution in [-0.2, 0) is 6.18 Å². The first-order chi connectivity index (χ1) is 16.3. The first-order valence-corrected chi connectivity index (χ1v) is 10.7. The van der Waals surface area contributed by atoms with Crippen LogP contribution in [0.3, 0.4) is 0 Å². The van der Waals surface area contributed by atoms with Gasteiger partial charge in [0.1, 0.15) is 5.04 Å². The quantitative estimate of drug-likeness (QED) is 0.451. The molecule has 4 rings (SSSR count). The molecule has 0 atom stereocenters. The van der Waals surface area contributed by atoms with Crippen LogP contribution in [-0.4, -0.2) is 28.2 Å². The lowest BCUT2D eigenvalue weighted by Crippen LogP contribution is -2.27. The van der Waals surface area contributed by atoms with Gasteiger partial charge in [-0.1, -0.05) is 42.5 Å². The summed E-state index contributed by atoms with van der Waals surface area (Å²) in [5.41, 5.74) is -0.381. The molecule has 0 unspecified atom stereocenters. The molecule has 2 amide bonds. The number of alkyl halides is 3. The van der Waals surface area contributed by atoms with Crippen molar-refractivity contribution in [3.8, 4) is 0 Å². The van der Waals surface area contributed by atoms with E-state index < -0.39 is 23.6 Å². The highest BCUT2D eigenvalue weighted by molar-refractivity contribution is 8.28. The Hall–Kier alpha value is -4.05. The fourth-order valence-corrected chi connectivity index (χ4v) is 3.57. The molecule has 3 aromatic rings. The van der Waals surface area contributed by atoms with Gasteiger partial charge in [0, 0.05) is 11.1 Å². The van der Waals surface area contributed by atoms with Crippen molar-refractivity contribution in [2.24, 2.45) is 15.1 Å². The molecular weight excluding hydrogens is 465 g/mol. The molecule has 1 aliphatic rings. The summed E-state index contributed by atoms with van der Waals surface area (Å²) in [6.07, 6.45) is -3.30. The maximum atomic E-state index is 13.3. The molecule has 0 N–H and O–H groups in total. The number of hydrogen-bond donors (Lipinski definition) is 0. The molecule has 0 fully saturated rings. The Balaban J connectivity index is 1.65. The lowest BCUT2D eigenvalue weighted by Gasteiger charge is -2.19. The average molecular weight is 480 g/mol. The minimum atomic E-state index is -4.59. The van der Waals surface area contributed by atoms with Gasteiger partial charge in [-0.15, -0.1) is 0 Å². The number of halogens is 3. The van der Waals surface area contributed by atoms with E-state index in [2.05, 4.69) is 15.1 Å². The number of aliphatic imine (C=N–C) groups is 2. The molecular formula is C24H15F3N4O2S. The Labute approximate surface area is 196 Å². The zero-order valence-electron chi connectivity index (χ0n) is 17.3. The number of anilines is 1. The number of hydrogen-bond acceptors (Lipinski definition) is 4. The van der Waals surface area contributed by atoms with E-state index in [4.69, 9.17) is 0 Å². The number of thioether (sulfide) groups is 1. The number of carbonyl (C=O) groups excluding carboxylic acids is 2. The number of carbonyl (C=O) groups is 2. The highest BCUT2D eigenvalue weighted by Crippen LogP contribution is 2.32. The SMILES string of the molecule is O=C(N=C1N=CC(=NN(C(=O)c2ccccc2)c2cccc(C(F)(F)F)c2)S1)c1ccccc1. The van der Waals surface area contributed by atoms with Gasteiger partial charge in [-0.2, -0.15) is 28.3 Å². The van der Waals surface area contributed by atoms with E-state index >= 15 is 0 Å². The molecule has 3 aromatic carbocycles. The van der Waals surface area contributed by atoms with Gasteiger partial charge in [0.2, 0.25) is 0 Å². The Morgan fingerprint density at radius 3 is 2.15 bits per heavy atom. The van der Waals surface area contributed by atoms with Gasteiger partial charge in [0.25, 0.3) is 11.8 Å². The van der Waals surface area contributed by atoms with Crippen LogP contribution in [0.15, 0.2) is 100 Å². The molecule has 0 saturated carbocycles. The number of nitrogens with zero attached hydrogens (tertiary/aromatic N) is 4. The summed E-state index contributed by atoms with van der Waals surface area (Å²) in [4.78, 5) is 33.4. The average Bonchev–Trinajstić information content (AvgIpc) is 3.29. The molecule has 170 valence electrons. The highest BCUT2D eigenvalue weighted by Gasteiger charge is 2.31. The Bertz CT molecular complexity index is 1310. The van der Waals surface area contributed by atoms with Crippen molar-refractivity contribution < 1.29 is 22.8 Å². The third kappa shape index (κ3) is 5.46. The van der Waals surface area contributed by atoms with Crippen LogP contribution >= 0.6 is 11.8 Å². The van der Waals surface area contributed by atoms with E-state index in [9.17, 15) is 22.8 Å². The first-order valence-electron chi connectivity index (χ1n) is 9.86. The second-order valence-electron chi connectivity index (χ2n) is 6.90. The van der Waals surface area contributed by atoms with Crippen LogP contribution < -0.4 is 5.01 Å². The molecule has 0 radical (unpaired) electrons. The van der Waals surface area contributed by atoms with E-state index in [1.54, 1.807) is 48.5 Å². The van der Waals surface area contributed by atoms with Gasteiger partial charge in [0.15, 0.2) is 5.17 Å². The summed E-state index contributed by atoms with van der Waals surface area (Å²) in [7, 11) is 0. The Morgan fingerprint density at radius 2 is 1.50 bits per heavy atom. The van der Waals surface area contributed by atoms with Crippen molar-refractivity contribution in [3.63, 3.8) is 0 Å². The number of benzene rings is 3. The zero-order valence-corrected chi connectivity index (χ0v) is 18.1. The van der Waals surface area contributed by atoms with Crippen LogP contribution in [0.1, 0.15) is 26.3 Å². The highest BCUT2D eigenvalue weighted by atomic mass is 32.2. The fourth-order valence-electron chi connectivity index (χ4n) is 2.92. The van der Waals surface area contributed by atoms with E-state index in [0.717, 1.165) is 28.9 Å². The number of amides is 2. The lowest BCUT2D eigenvalue weighted by atomic mass is 10.1. The first kappa shape index (κ1) is 23.1. The zero-order chi connectivity index (χ0) is 24.1. The summed E-state index contributed by atoms with van der Waals surface area (Å²) in [5.74, 6) is -1.14. The maximum absolute atomic E-state index is 13.3. The molecule has 0 aromatic heterocycles. The minimum absolute atomic E-state index is 0.0732. The second-order valence-corrected chi connectivity index (χ2v) is 7.88. The number of rotatable bonds is 4. The fraction of sp³-hybridized carbons (Fsp3) is 0.0417. The molecule has 10 heteroatoms. The third-order valence-corrected chi connectivity index (χ3v) is 5.30. The summed E-state index contributed by atoms with van der Waals surface area (Å²) < 4.78 is 39.8. The summed E-state index contributed by atoms with van der Waals surface area (Å²) >= 11 is 0.920. The summed E-state index contributed by atoms with van der Waals surface area (Å²) in [6.45, 7) is 0. The van der Waals surface area contributed by atoms with Crippen molar-refractivity contribution in [1.29, 1.82) is 0 Å². The van der Waals surface area contributed by atoms with Crippen LogP contribution in [0.5, 0.6) is 0 Å². The molecule has 0 spiro atoms. The Kier molecular flexibility index (Phi) is 6.69. The third-order valence-electron chi connectivity index (χ3n) is 4.53. The topological polar surface area (TPSA) is 74.5 Å². The molecule has 0 aliphatic carbocycles. The molecule has 1 aliphatic heterocycles. The van der Waals surface area contributed by atoms with Crippen LogP contribution in [0.4, 0.5) is 18.9 Å². The van der Waals surface area contributed by atoms with Crippen molar-refractivity contribution in [1.82, 2.24) is 0 Å². The maximum Gasteiger partial charge on any atom is 0.416 e. The molecule has 1 heterocycles. The van der Waals surface area contributed by atoms with Crippen LogP contribution in [0.25, 0.3) is 0 Å². The van der Waals surface area contributed by atoms with Gasteiger partial charge < -0.3 is 0 Å². The molecule has 0 saturated heterocycles. The number of amidine groups is 1. The van der Waals surface area contributed by atoms with Crippen LogP contribution in [0, 0.1) is 0 Å². The Morgan fingerprint density at radius 1 is 0.853 bits per heavy atom.